The van der Waals surface area contributed by atoms with Crippen LogP contribution in [0.2, 0.25) is 0 Å². The summed E-state index contributed by atoms with van der Waals surface area (Å²) in [6.07, 6.45) is 2.19. The summed E-state index contributed by atoms with van der Waals surface area (Å²) in [5.41, 5.74) is -2.15. The molecule has 1 aromatic rings. The molecule has 0 unspecified atom stereocenters. The van der Waals surface area contributed by atoms with Crippen molar-refractivity contribution in [1.29, 1.82) is 0 Å². The summed E-state index contributed by atoms with van der Waals surface area (Å²) >= 11 is 0. The van der Waals surface area contributed by atoms with Crippen molar-refractivity contribution in [2.45, 2.75) is 84.0 Å². The number of hydrogen-bond acceptors (Lipinski definition) is 7. The van der Waals surface area contributed by atoms with Crippen LogP contribution in [0.1, 0.15) is 71.1 Å². The molecule has 7 heteroatoms. The fraction of sp³-hybridized carbons (Fsp3) is 0.720. The van der Waals surface area contributed by atoms with Crippen LogP contribution in [0.4, 0.5) is 0 Å². The lowest BCUT2D eigenvalue weighted by atomic mass is 9.38. The van der Waals surface area contributed by atoms with E-state index >= 15 is 0 Å². The normalized spacial score (nSPS) is 43.6. The first-order chi connectivity index (χ1) is 14.9. The first-order valence-corrected chi connectivity index (χ1v) is 11.6. The molecule has 1 aromatic heterocycles. The molecule has 0 amide bonds. The summed E-state index contributed by atoms with van der Waals surface area (Å²) in [6, 6.07) is 1.87. The molecule has 5 rings (SSSR count). The second kappa shape index (κ2) is 6.69. The summed E-state index contributed by atoms with van der Waals surface area (Å²) in [5, 5.41) is 12.7. The van der Waals surface area contributed by atoms with Gasteiger partial charge < -0.3 is 19.0 Å². The molecule has 0 bridgehead atoms. The smallest absolute Gasteiger partial charge is 0.303 e. The second-order valence-corrected chi connectivity index (χ2v) is 11.1. The Morgan fingerprint density at radius 2 is 1.81 bits per heavy atom. The Bertz CT molecular complexity index is 992. The van der Waals surface area contributed by atoms with Crippen LogP contribution in [0.3, 0.4) is 0 Å². The number of aliphatic hydroxyl groups is 1. The minimum absolute atomic E-state index is 0.0946. The van der Waals surface area contributed by atoms with E-state index in [1.54, 1.807) is 6.26 Å². The highest BCUT2D eigenvalue weighted by Gasteiger charge is 2.78. The van der Waals surface area contributed by atoms with Crippen molar-refractivity contribution in [2.24, 2.45) is 28.6 Å². The van der Waals surface area contributed by atoms with Crippen molar-refractivity contribution in [3.63, 3.8) is 0 Å². The molecule has 8 atom stereocenters. The standard InChI is InChI=1S/C25H32O7/c1-12(26)31-19-6-8-23(3,4)25(29)22(32-13(2)27)15-10-17(28)21-14-7-9-30-18(14)11-16(20(15)21)24(19,25)5/h7,9,15-16,19-22,29H,6,8,10-11H2,1-5H3/t15-,16+,19+,20-,21+,22+,24+,25-/m1/s1. The monoisotopic (exact) mass is 444 g/mol. The zero-order valence-electron chi connectivity index (χ0n) is 19.3. The molecular weight excluding hydrogens is 412 g/mol. The average molecular weight is 445 g/mol. The zero-order valence-corrected chi connectivity index (χ0v) is 19.3. The average Bonchev–Trinajstić information content (AvgIpc) is 3.29. The van der Waals surface area contributed by atoms with Crippen LogP contribution in [-0.2, 0) is 30.3 Å². The van der Waals surface area contributed by atoms with Gasteiger partial charge in [0.15, 0.2) is 0 Å². The van der Waals surface area contributed by atoms with Crippen LogP contribution in [-0.4, -0.2) is 40.6 Å². The fourth-order valence-corrected chi connectivity index (χ4v) is 8.13. The fourth-order valence-electron chi connectivity index (χ4n) is 8.13. The van der Waals surface area contributed by atoms with E-state index in [-0.39, 0.29) is 35.9 Å². The Balaban J connectivity index is 1.77. The molecule has 32 heavy (non-hydrogen) atoms. The van der Waals surface area contributed by atoms with Crippen LogP contribution < -0.4 is 0 Å². The highest BCUT2D eigenvalue weighted by Crippen LogP contribution is 2.71. The predicted octanol–water partition coefficient (Wildman–Crippen LogP) is 3.18. The molecule has 1 heterocycles. The molecule has 0 saturated heterocycles. The van der Waals surface area contributed by atoms with E-state index in [4.69, 9.17) is 13.9 Å². The maximum Gasteiger partial charge on any atom is 0.303 e. The molecule has 4 aliphatic rings. The maximum atomic E-state index is 13.3. The van der Waals surface area contributed by atoms with Gasteiger partial charge in [-0.2, -0.15) is 0 Å². The number of ether oxygens (including phenoxy) is 2. The number of carbonyl (C=O) groups is 3. The van der Waals surface area contributed by atoms with Crippen molar-refractivity contribution >= 4 is 17.7 Å². The number of Topliss-reactive ketones (excluding diaryl/α,β-unsaturated/α-hetero) is 1. The summed E-state index contributed by atoms with van der Waals surface area (Å²) in [5.74, 6) is -0.949. The van der Waals surface area contributed by atoms with E-state index in [2.05, 4.69) is 0 Å². The van der Waals surface area contributed by atoms with E-state index in [0.717, 1.165) is 11.3 Å². The van der Waals surface area contributed by atoms with Gasteiger partial charge in [0.2, 0.25) is 0 Å². The van der Waals surface area contributed by atoms with Gasteiger partial charge in [0.05, 0.1) is 6.26 Å². The molecule has 0 spiro atoms. The van der Waals surface area contributed by atoms with Gasteiger partial charge in [0.1, 0.15) is 29.4 Å². The summed E-state index contributed by atoms with van der Waals surface area (Å²) in [4.78, 5) is 37.7. The van der Waals surface area contributed by atoms with Crippen molar-refractivity contribution in [2.75, 3.05) is 0 Å². The van der Waals surface area contributed by atoms with Gasteiger partial charge in [0, 0.05) is 49.5 Å². The summed E-state index contributed by atoms with van der Waals surface area (Å²) in [7, 11) is 0. The Hall–Kier alpha value is -2.15. The van der Waals surface area contributed by atoms with E-state index in [1.165, 1.54) is 13.8 Å². The molecular formula is C25H32O7. The van der Waals surface area contributed by atoms with Crippen molar-refractivity contribution in [3.05, 3.63) is 23.7 Å². The van der Waals surface area contributed by atoms with Gasteiger partial charge in [-0.3, -0.25) is 14.4 Å². The van der Waals surface area contributed by atoms with Crippen LogP contribution in [0.25, 0.3) is 0 Å². The second-order valence-electron chi connectivity index (χ2n) is 11.1. The minimum Gasteiger partial charge on any atom is -0.469 e. The van der Waals surface area contributed by atoms with Crippen LogP contribution in [0, 0.1) is 28.6 Å². The van der Waals surface area contributed by atoms with Crippen molar-refractivity contribution in [3.8, 4) is 0 Å². The van der Waals surface area contributed by atoms with E-state index < -0.39 is 40.6 Å². The lowest BCUT2D eigenvalue weighted by Gasteiger charge is -2.69. The quantitative estimate of drug-likeness (QED) is 0.699. The highest BCUT2D eigenvalue weighted by molar-refractivity contribution is 5.89. The van der Waals surface area contributed by atoms with Crippen molar-refractivity contribution < 1.29 is 33.4 Å². The zero-order chi connectivity index (χ0) is 23.2. The van der Waals surface area contributed by atoms with Gasteiger partial charge in [-0.1, -0.05) is 20.8 Å². The van der Waals surface area contributed by atoms with Gasteiger partial charge in [-0.05, 0) is 36.2 Å². The molecule has 0 aliphatic heterocycles. The number of esters is 2. The molecule has 3 saturated carbocycles. The predicted molar refractivity (Wildman–Crippen MR) is 112 cm³/mol. The van der Waals surface area contributed by atoms with Gasteiger partial charge in [-0.25, -0.2) is 0 Å². The molecule has 174 valence electrons. The third-order valence-electron chi connectivity index (χ3n) is 9.37. The summed E-state index contributed by atoms with van der Waals surface area (Å²) < 4.78 is 17.6. The Morgan fingerprint density at radius 3 is 2.47 bits per heavy atom. The Morgan fingerprint density at radius 1 is 1.12 bits per heavy atom. The van der Waals surface area contributed by atoms with Crippen LogP contribution in [0.15, 0.2) is 16.7 Å². The number of rotatable bonds is 2. The van der Waals surface area contributed by atoms with Gasteiger partial charge in [-0.15, -0.1) is 0 Å². The first-order valence-electron chi connectivity index (χ1n) is 11.6. The van der Waals surface area contributed by atoms with Gasteiger partial charge in [0.25, 0.3) is 0 Å². The lowest BCUT2D eigenvalue weighted by Crippen LogP contribution is -2.78. The first kappa shape index (κ1) is 21.7. The molecule has 7 nitrogen and oxygen atoms in total. The number of carbonyl (C=O) groups excluding carboxylic acids is 3. The maximum absolute atomic E-state index is 13.3. The van der Waals surface area contributed by atoms with Crippen LogP contribution >= 0.6 is 0 Å². The van der Waals surface area contributed by atoms with E-state index in [1.807, 2.05) is 26.8 Å². The van der Waals surface area contributed by atoms with E-state index in [9.17, 15) is 19.5 Å². The van der Waals surface area contributed by atoms with Crippen molar-refractivity contribution in [1.82, 2.24) is 0 Å². The minimum atomic E-state index is -1.49. The Labute approximate surface area is 187 Å². The molecule has 0 aromatic carbocycles. The van der Waals surface area contributed by atoms with Gasteiger partial charge >= 0.3 is 11.9 Å². The van der Waals surface area contributed by atoms with E-state index in [0.29, 0.717) is 19.3 Å². The number of hydrogen-bond donors (Lipinski definition) is 1. The number of ketones is 1. The SMILES string of the molecule is CC(=O)O[C@H]1CCC(C)(C)[C@]2(O)[C@@H](OC(C)=O)[C@@H]3CC(=O)[C@@H]4c5ccoc5C[C@@H]([C@@H]34)[C@@]12C. The van der Waals surface area contributed by atoms with Crippen LogP contribution in [0.5, 0.6) is 0 Å². The third kappa shape index (κ3) is 2.49. The Kier molecular flexibility index (Phi) is 4.53. The highest BCUT2D eigenvalue weighted by atomic mass is 16.6. The summed E-state index contributed by atoms with van der Waals surface area (Å²) in [6.45, 7) is 8.66. The molecule has 1 N–H and O–H groups in total. The topological polar surface area (TPSA) is 103 Å². The molecule has 4 aliphatic carbocycles. The molecule has 0 radical (unpaired) electrons. The largest absolute Gasteiger partial charge is 0.469 e. The lowest BCUT2D eigenvalue weighted by molar-refractivity contribution is -0.327. The molecule has 3 fully saturated rings. The third-order valence-corrected chi connectivity index (χ3v) is 9.37. The number of furan rings is 1. The number of fused-ring (bicyclic) bond motifs is 4.